The number of fused-ring (bicyclic) bond motifs is 1. The quantitative estimate of drug-likeness (QED) is 0.818. The highest BCUT2D eigenvalue weighted by atomic mass is 16.5. The maximum absolute atomic E-state index is 6.25. The van der Waals surface area contributed by atoms with E-state index in [1.165, 1.54) is 11.1 Å². The summed E-state index contributed by atoms with van der Waals surface area (Å²) in [7, 11) is 1.67. The van der Waals surface area contributed by atoms with E-state index < -0.39 is 0 Å². The van der Waals surface area contributed by atoms with Crippen LogP contribution in [-0.2, 0) is 17.7 Å². The van der Waals surface area contributed by atoms with Gasteiger partial charge in [-0.25, -0.2) is 9.97 Å². The number of benzene rings is 1. The molecule has 116 valence electrons. The number of aromatic nitrogens is 2. The fourth-order valence-electron chi connectivity index (χ4n) is 2.73. The van der Waals surface area contributed by atoms with E-state index in [0.717, 1.165) is 25.3 Å². The van der Waals surface area contributed by atoms with Gasteiger partial charge in [0.05, 0.1) is 6.61 Å². The fourth-order valence-corrected chi connectivity index (χ4v) is 2.73. The van der Waals surface area contributed by atoms with Crippen LogP contribution < -0.4 is 16.0 Å². The number of nitrogens with two attached hydrogens (primary N) is 1. The maximum atomic E-state index is 6.25. The number of nitrogens with zero attached hydrogens (tertiary/aromatic N) is 3. The molecule has 1 aromatic heterocycles. The molecule has 3 rings (SSSR count). The molecule has 1 aliphatic rings. The summed E-state index contributed by atoms with van der Waals surface area (Å²) in [5, 5.41) is 3.18. The first-order chi connectivity index (χ1) is 10.8. The molecule has 22 heavy (non-hydrogen) atoms. The van der Waals surface area contributed by atoms with Crippen molar-refractivity contribution in [3.05, 3.63) is 41.7 Å². The van der Waals surface area contributed by atoms with Crippen LogP contribution in [0, 0.1) is 0 Å². The molecule has 0 fully saturated rings. The molecule has 0 saturated carbocycles. The van der Waals surface area contributed by atoms with E-state index >= 15 is 0 Å². The van der Waals surface area contributed by atoms with E-state index in [9.17, 15) is 0 Å². The van der Waals surface area contributed by atoms with Gasteiger partial charge >= 0.3 is 0 Å². The molecule has 0 atom stereocenters. The Hall–Kier alpha value is -2.34. The van der Waals surface area contributed by atoms with Crippen molar-refractivity contribution in [1.82, 2.24) is 9.97 Å². The SMILES string of the molecule is COCCNc1ncnc(N2CCc3ccccc3C2)c1N. The second kappa shape index (κ2) is 6.62. The van der Waals surface area contributed by atoms with Crippen molar-refractivity contribution < 1.29 is 4.74 Å². The Morgan fingerprint density at radius 2 is 2.09 bits per heavy atom. The van der Waals surface area contributed by atoms with Crippen molar-refractivity contribution >= 4 is 17.3 Å². The standard InChI is InChI=1S/C16H21N5O/c1-22-9-7-18-15-14(17)16(20-11-19-15)21-8-6-12-4-2-3-5-13(12)10-21/h2-5,11H,6-10,17H2,1H3,(H,18,19,20). The van der Waals surface area contributed by atoms with Crippen LogP contribution in [0.4, 0.5) is 17.3 Å². The van der Waals surface area contributed by atoms with Gasteiger partial charge in [0.2, 0.25) is 0 Å². The molecule has 1 aromatic carbocycles. The summed E-state index contributed by atoms with van der Waals surface area (Å²) >= 11 is 0. The lowest BCUT2D eigenvalue weighted by Gasteiger charge is -2.30. The predicted octanol–water partition coefficient (Wildman–Crippen LogP) is 1.68. The first-order valence-electron chi connectivity index (χ1n) is 7.44. The normalized spacial score (nSPS) is 13.8. The number of anilines is 3. The van der Waals surface area contributed by atoms with Crippen LogP contribution in [0.3, 0.4) is 0 Å². The van der Waals surface area contributed by atoms with Crippen molar-refractivity contribution in [2.24, 2.45) is 0 Å². The predicted molar refractivity (Wildman–Crippen MR) is 88.0 cm³/mol. The molecule has 2 aromatic rings. The van der Waals surface area contributed by atoms with Gasteiger partial charge < -0.3 is 20.7 Å². The molecule has 3 N–H and O–H groups in total. The summed E-state index contributed by atoms with van der Waals surface area (Å²) in [6, 6.07) is 8.51. The van der Waals surface area contributed by atoms with Crippen molar-refractivity contribution in [3.8, 4) is 0 Å². The summed E-state index contributed by atoms with van der Waals surface area (Å²) < 4.78 is 5.03. The first kappa shape index (κ1) is 14.6. The molecule has 0 spiro atoms. The van der Waals surface area contributed by atoms with E-state index in [0.29, 0.717) is 24.7 Å². The molecular weight excluding hydrogens is 278 g/mol. The van der Waals surface area contributed by atoms with E-state index in [4.69, 9.17) is 10.5 Å². The Morgan fingerprint density at radius 3 is 2.91 bits per heavy atom. The summed E-state index contributed by atoms with van der Waals surface area (Å²) in [5.74, 6) is 1.46. The Morgan fingerprint density at radius 1 is 1.27 bits per heavy atom. The number of ether oxygens (including phenoxy) is 1. The van der Waals surface area contributed by atoms with Gasteiger partial charge in [-0.2, -0.15) is 0 Å². The lowest BCUT2D eigenvalue weighted by molar-refractivity contribution is 0.210. The van der Waals surface area contributed by atoms with Gasteiger partial charge in [0.15, 0.2) is 11.6 Å². The van der Waals surface area contributed by atoms with Gasteiger partial charge in [-0.05, 0) is 17.5 Å². The number of nitrogen functional groups attached to an aromatic ring is 1. The summed E-state index contributed by atoms with van der Waals surface area (Å²) in [6.07, 6.45) is 2.56. The summed E-state index contributed by atoms with van der Waals surface area (Å²) in [5.41, 5.74) is 9.58. The Balaban J connectivity index is 1.79. The molecular formula is C16H21N5O. The van der Waals surface area contributed by atoms with Crippen LogP contribution in [0.15, 0.2) is 30.6 Å². The van der Waals surface area contributed by atoms with Crippen molar-refractivity contribution in [3.63, 3.8) is 0 Å². The van der Waals surface area contributed by atoms with Gasteiger partial charge in [-0.3, -0.25) is 0 Å². The average Bonchev–Trinajstić information content (AvgIpc) is 2.56. The molecule has 0 saturated heterocycles. The van der Waals surface area contributed by atoms with Gasteiger partial charge in [-0.1, -0.05) is 24.3 Å². The minimum Gasteiger partial charge on any atom is -0.393 e. The van der Waals surface area contributed by atoms with E-state index in [2.05, 4.69) is 44.5 Å². The van der Waals surface area contributed by atoms with Gasteiger partial charge in [-0.15, -0.1) is 0 Å². The van der Waals surface area contributed by atoms with Crippen LogP contribution in [0.2, 0.25) is 0 Å². The second-order valence-corrected chi connectivity index (χ2v) is 5.32. The monoisotopic (exact) mass is 299 g/mol. The first-order valence-corrected chi connectivity index (χ1v) is 7.44. The summed E-state index contributed by atoms with van der Waals surface area (Å²) in [6.45, 7) is 3.01. The number of hydrogen-bond acceptors (Lipinski definition) is 6. The highest BCUT2D eigenvalue weighted by Gasteiger charge is 2.20. The molecule has 0 amide bonds. The highest BCUT2D eigenvalue weighted by molar-refractivity contribution is 5.75. The zero-order valence-electron chi connectivity index (χ0n) is 12.7. The minimum absolute atomic E-state index is 0.595. The smallest absolute Gasteiger partial charge is 0.157 e. The van der Waals surface area contributed by atoms with Gasteiger partial charge in [0, 0.05) is 26.7 Å². The fraction of sp³-hybridized carbons (Fsp3) is 0.375. The van der Waals surface area contributed by atoms with Gasteiger partial charge in [0.1, 0.15) is 12.0 Å². The molecule has 0 radical (unpaired) electrons. The van der Waals surface area contributed by atoms with Gasteiger partial charge in [0.25, 0.3) is 0 Å². The summed E-state index contributed by atoms with van der Waals surface area (Å²) in [4.78, 5) is 10.8. The van der Waals surface area contributed by atoms with Crippen molar-refractivity contribution in [2.45, 2.75) is 13.0 Å². The molecule has 0 unspecified atom stereocenters. The van der Waals surface area contributed by atoms with Crippen LogP contribution >= 0.6 is 0 Å². The molecule has 6 heteroatoms. The van der Waals surface area contributed by atoms with Crippen molar-refractivity contribution in [1.29, 1.82) is 0 Å². The highest BCUT2D eigenvalue weighted by Crippen LogP contribution is 2.30. The third kappa shape index (κ3) is 2.96. The second-order valence-electron chi connectivity index (χ2n) is 5.32. The van der Waals surface area contributed by atoms with E-state index in [1.54, 1.807) is 13.4 Å². The van der Waals surface area contributed by atoms with Crippen LogP contribution in [0.5, 0.6) is 0 Å². The number of nitrogens with one attached hydrogen (secondary N) is 1. The number of hydrogen-bond donors (Lipinski definition) is 2. The van der Waals surface area contributed by atoms with Crippen LogP contribution in [0.25, 0.3) is 0 Å². The minimum atomic E-state index is 0.595. The molecule has 0 aliphatic carbocycles. The van der Waals surface area contributed by atoms with E-state index in [1.807, 2.05) is 0 Å². The van der Waals surface area contributed by atoms with Crippen LogP contribution in [-0.4, -0.2) is 36.8 Å². The third-order valence-electron chi connectivity index (χ3n) is 3.89. The topological polar surface area (TPSA) is 76.3 Å². The lowest BCUT2D eigenvalue weighted by Crippen LogP contribution is -2.32. The molecule has 0 bridgehead atoms. The van der Waals surface area contributed by atoms with E-state index in [-0.39, 0.29) is 0 Å². The number of rotatable bonds is 5. The molecule has 1 aliphatic heterocycles. The number of methoxy groups -OCH3 is 1. The zero-order valence-corrected chi connectivity index (χ0v) is 12.7. The van der Waals surface area contributed by atoms with Crippen molar-refractivity contribution in [2.75, 3.05) is 42.8 Å². The Bertz CT molecular complexity index is 646. The molecule has 2 heterocycles. The average molecular weight is 299 g/mol. The van der Waals surface area contributed by atoms with Crippen LogP contribution in [0.1, 0.15) is 11.1 Å². The third-order valence-corrected chi connectivity index (χ3v) is 3.89. The maximum Gasteiger partial charge on any atom is 0.157 e. The Labute approximate surface area is 130 Å². The molecule has 6 nitrogen and oxygen atoms in total. The lowest BCUT2D eigenvalue weighted by atomic mass is 10.00. The zero-order chi connectivity index (χ0) is 15.4. The Kier molecular flexibility index (Phi) is 4.39. The largest absolute Gasteiger partial charge is 0.393 e.